The van der Waals surface area contributed by atoms with Gasteiger partial charge >= 0.3 is 0 Å². The number of aryl methyl sites for hydroxylation is 3. The van der Waals surface area contributed by atoms with Gasteiger partial charge in [0, 0.05) is 12.6 Å². The highest BCUT2D eigenvalue weighted by Crippen LogP contribution is 2.35. The molecule has 0 atom stereocenters. The first kappa shape index (κ1) is 20.2. The number of hydrogen-bond donors (Lipinski definition) is 1. The molecule has 4 rings (SSSR count). The maximum Gasteiger partial charge on any atom is 0.266 e. The van der Waals surface area contributed by atoms with Gasteiger partial charge in [0.15, 0.2) is 0 Å². The fourth-order valence-electron chi connectivity index (χ4n) is 3.10. The van der Waals surface area contributed by atoms with Crippen LogP contribution >= 0.6 is 22.7 Å². The minimum atomic E-state index is -0.229. The van der Waals surface area contributed by atoms with E-state index in [1.54, 1.807) is 48.7 Å². The van der Waals surface area contributed by atoms with Gasteiger partial charge in [-0.1, -0.05) is 6.07 Å². The maximum atomic E-state index is 12.3. The van der Waals surface area contributed by atoms with E-state index in [9.17, 15) is 9.59 Å². The van der Waals surface area contributed by atoms with Gasteiger partial charge in [0.1, 0.15) is 22.2 Å². The first-order valence-electron chi connectivity index (χ1n) is 9.37. The third-order valence-corrected chi connectivity index (χ3v) is 6.74. The third-order valence-electron chi connectivity index (χ3n) is 4.52. The van der Waals surface area contributed by atoms with E-state index in [-0.39, 0.29) is 24.6 Å². The van der Waals surface area contributed by atoms with Gasteiger partial charge < -0.3 is 9.73 Å². The fourth-order valence-corrected chi connectivity index (χ4v) is 4.92. The van der Waals surface area contributed by atoms with Gasteiger partial charge in [0.2, 0.25) is 0 Å². The molecule has 154 valence electrons. The maximum absolute atomic E-state index is 12.3. The molecule has 0 unspecified atom stereocenters. The first-order chi connectivity index (χ1) is 14.4. The van der Waals surface area contributed by atoms with Gasteiger partial charge in [-0.3, -0.25) is 9.59 Å². The molecule has 4 heterocycles. The van der Waals surface area contributed by atoms with Crippen molar-refractivity contribution in [3.63, 3.8) is 0 Å². The Labute approximate surface area is 181 Å². The molecule has 0 radical (unpaired) electrons. The van der Waals surface area contributed by atoms with Gasteiger partial charge in [0.05, 0.1) is 27.6 Å². The molecule has 0 aliphatic heterocycles. The Balaban J connectivity index is 1.49. The molecule has 0 spiro atoms. The van der Waals surface area contributed by atoms with Crippen molar-refractivity contribution in [2.45, 2.75) is 27.3 Å². The molecule has 0 fully saturated rings. The van der Waals surface area contributed by atoms with Crippen molar-refractivity contribution in [1.82, 2.24) is 20.1 Å². The fraction of sp³-hybridized carbons (Fsp3) is 0.238. The highest BCUT2D eigenvalue weighted by Gasteiger charge is 2.15. The van der Waals surface area contributed by atoms with E-state index in [4.69, 9.17) is 4.42 Å². The van der Waals surface area contributed by atoms with Crippen LogP contribution in [0.3, 0.4) is 0 Å². The summed E-state index contributed by atoms with van der Waals surface area (Å²) in [7, 11) is 0. The van der Waals surface area contributed by atoms with Crippen LogP contribution in [0, 0.1) is 20.8 Å². The smallest absolute Gasteiger partial charge is 0.266 e. The van der Waals surface area contributed by atoms with E-state index in [0.717, 1.165) is 20.5 Å². The summed E-state index contributed by atoms with van der Waals surface area (Å²) in [6.45, 7) is 6.03. The summed E-state index contributed by atoms with van der Waals surface area (Å²) >= 11 is 3.19. The Morgan fingerprint density at radius 3 is 2.77 bits per heavy atom. The molecule has 0 saturated heterocycles. The SMILES string of the molecule is Cc1cc(C(=O)NCCn2nc(-c3sc(-c4cccs4)nc3C)ccc2=O)c(C)o1. The van der Waals surface area contributed by atoms with Gasteiger partial charge in [-0.25, -0.2) is 9.67 Å². The highest BCUT2D eigenvalue weighted by molar-refractivity contribution is 7.23. The second-order valence-electron chi connectivity index (χ2n) is 6.77. The minimum absolute atomic E-state index is 0.219. The normalized spacial score (nSPS) is 11.0. The summed E-state index contributed by atoms with van der Waals surface area (Å²) in [5.41, 5.74) is 1.85. The zero-order valence-corrected chi connectivity index (χ0v) is 18.4. The molecule has 0 aliphatic carbocycles. The summed E-state index contributed by atoms with van der Waals surface area (Å²) < 4.78 is 6.76. The molecule has 1 N–H and O–H groups in total. The molecular formula is C21H20N4O3S2. The summed E-state index contributed by atoms with van der Waals surface area (Å²) in [4.78, 5) is 31.2. The molecular weight excluding hydrogens is 420 g/mol. The Bertz CT molecular complexity index is 1250. The zero-order chi connectivity index (χ0) is 21.3. The van der Waals surface area contributed by atoms with Gasteiger partial charge in [0.25, 0.3) is 11.5 Å². The van der Waals surface area contributed by atoms with Crippen molar-refractivity contribution in [3.8, 4) is 20.5 Å². The second-order valence-corrected chi connectivity index (χ2v) is 8.72. The van der Waals surface area contributed by atoms with Gasteiger partial charge in [-0.05, 0) is 44.4 Å². The van der Waals surface area contributed by atoms with Crippen molar-refractivity contribution in [3.05, 3.63) is 68.8 Å². The number of thiazole rings is 1. The number of carbonyl (C=O) groups is 1. The summed E-state index contributed by atoms with van der Waals surface area (Å²) in [5, 5.41) is 10.3. The van der Waals surface area contributed by atoms with Crippen LogP contribution in [0.1, 0.15) is 27.6 Å². The van der Waals surface area contributed by atoms with Crippen LogP contribution in [0.4, 0.5) is 0 Å². The van der Waals surface area contributed by atoms with Gasteiger partial charge in [-0.2, -0.15) is 5.10 Å². The van der Waals surface area contributed by atoms with Crippen LogP contribution in [-0.4, -0.2) is 27.2 Å². The van der Waals surface area contributed by atoms with E-state index < -0.39 is 0 Å². The van der Waals surface area contributed by atoms with E-state index in [1.807, 2.05) is 24.4 Å². The van der Waals surface area contributed by atoms with Crippen LogP contribution < -0.4 is 10.9 Å². The highest BCUT2D eigenvalue weighted by atomic mass is 32.1. The number of thiophene rings is 1. The Hall–Kier alpha value is -3.04. The Morgan fingerprint density at radius 1 is 1.23 bits per heavy atom. The predicted molar refractivity (Wildman–Crippen MR) is 118 cm³/mol. The summed E-state index contributed by atoms with van der Waals surface area (Å²) in [6, 6.07) is 8.95. The van der Waals surface area contributed by atoms with Crippen LogP contribution in [0.15, 0.2) is 44.9 Å². The topological polar surface area (TPSA) is 90.0 Å². The molecule has 7 nitrogen and oxygen atoms in total. The number of furan rings is 1. The van der Waals surface area contributed by atoms with Crippen molar-refractivity contribution in [2.24, 2.45) is 0 Å². The average molecular weight is 441 g/mol. The lowest BCUT2D eigenvalue weighted by atomic mass is 10.2. The Morgan fingerprint density at radius 2 is 2.07 bits per heavy atom. The molecule has 1 amide bonds. The second kappa shape index (κ2) is 8.37. The number of amides is 1. The van der Waals surface area contributed by atoms with Crippen LogP contribution in [0.5, 0.6) is 0 Å². The van der Waals surface area contributed by atoms with E-state index in [0.29, 0.717) is 22.8 Å². The molecule has 0 bridgehead atoms. The standard InChI is InChI=1S/C21H20N4O3S2/c1-12-11-15(14(3)28-12)20(27)22-8-9-25-18(26)7-6-16(24-25)19-13(2)23-21(30-19)17-5-4-10-29-17/h4-7,10-11H,8-9H2,1-3H3,(H,22,27). The van der Waals surface area contributed by atoms with E-state index in [1.165, 1.54) is 10.7 Å². The van der Waals surface area contributed by atoms with Crippen LogP contribution in [-0.2, 0) is 6.54 Å². The lowest BCUT2D eigenvalue weighted by Crippen LogP contribution is -2.32. The number of nitrogens with one attached hydrogen (secondary N) is 1. The van der Waals surface area contributed by atoms with E-state index >= 15 is 0 Å². The predicted octanol–water partition coefficient (Wildman–Crippen LogP) is 4.04. The lowest BCUT2D eigenvalue weighted by Gasteiger charge is -2.08. The van der Waals surface area contributed by atoms with Crippen molar-refractivity contribution >= 4 is 28.6 Å². The lowest BCUT2D eigenvalue weighted by molar-refractivity contribution is 0.0950. The molecule has 4 aromatic heterocycles. The quantitative estimate of drug-likeness (QED) is 0.489. The number of rotatable bonds is 6. The van der Waals surface area contributed by atoms with Crippen LogP contribution in [0.25, 0.3) is 20.5 Å². The number of hydrogen-bond acceptors (Lipinski definition) is 7. The van der Waals surface area contributed by atoms with Crippen molar-refractivity contribution in [2.75, 3.05) is 6.54 Å². The number of aromatic nitrogens is 3. The number of nitrogens with zero attached hydrogens (tertiary/aromatic N) is 3. The average Bonchev–Trinajstić information content (AvgIpc) is 3.43. The number of carbonyl (C=O) groups excluding carboxylic acids is 1. The molecule has 30 heavy (non-hydrogen) atoms. The molecule has 9 heteroatoms. The van der Waals surface area contributed by atoms with Gasteiger partial charge in [-0.15, -0.1) is 22.7 Å². The molecule has 4 aromatic rings. The molecule has 0 saturated carbocycles. The summed E-state index contributed by atoms with van der Waals surface area (Å²) in [6.07, 6.45) is 0. The van der Waals surface area contributed by atoms with E-state index in [2.05, 4.69) is 15.4 Å². The van der Waals surface area contributed by atoms with Crippen molar-refractivity contribution < 1.29 is 9.21 Å². The zero-order valence-electron chi connectivity index (χ0n) is 16.8. The largest absolute Gasteiger partial charge is 0.466 e. The first-order valence-corrected chi connectivity index (χ1v) is 11.1. The summed E-state index contributed by atoms with van der Waals surface area (Å²) in [5.74, 6) is 1.03. The Kier molecular flexibility index (Phi) is 5.65. The third kappa shape index (κ3) is 4.12. The minimum Gasteiger partial charge on any atom is -0.466 e. The molecule has 0 aromatic carbocycles. The van der Waals surface area contributed by atoms with Crippen molar-refractivity contribution in [1.29, 1.82) is 0 Å². The monoisotopic (exact) mass is 440 g/mol. The van der Waals surface area contributed by atoms with Crippen LogP contribution in [0.2, 0.25) is 0 Å². The molecule has 0 aliphatic rings.